The highest BCUT2D eigenvalue weighted by molar-refractivity contribution is 5.87. The molecule has 2 heterocycles. The zero-order chi connectivity index (χ0) is 12.6. The van der Waals surface area contributed by atoms with E-state index in [1.165, 1.54) is 6.07 Å². The van der Waals surface area contributed by atoms with Crippen molar-refractivity contribution in [2.24, 2.45) is 0 Å². The smallest absolute Gasteiger partial charge is 0.354 e. The van der Waals surface area contributed by atoms with Gasteiger partial charge in [0, 0.05) is 11.3 Å². The second-order valence-electron chi connectivity index (χ2n) is 3.89. The molecule has 0 aromatic carbocycles. The van der Waals surface area contributed by atoms with E-state index in [4.69, 9.17) is 9.63 Å². The minimum Gasteiger partial charge on any atom is -0.477 e. The van der Waals surface area contributed by atoms with E-state index in [2.05, 4.69) is 10.1 Å². The maximum Gasteiger partial charge on any atom is 0.354 e. The van der Waals surface area contributed by atoms with Crippen LogP contribution in [0.2, 0.25) is 0 Å². The van der Waals surface area contributed by atoms with Crippen LogP contribution in [-0.2, 0) is 0 Å². The molecule has 0 spiro atoms. The molecule has 5 nitrogen and oxygen atoms in total. The molecule has 0 atom stereocenters. The first-order valence-corrected chi connectivity index (χ1v) is 5.14. The van der Waals surface area contributed by atoms with Crippen molar-refractivity contribution in [3.05, 3.63) is 35.0 Å². The average Bonchev–Trinajstić information content (AvgIpc) is 2.57. The highest BCUT2D eigenvalue weighted by atomic mass is 16.5. The number of aromatic nitrogens is 2. The Bertz CT molecular complexity index is 568. The van der Waals surface area contributed by atoms with Gasteiger partial charge in [0.1, 0.15) is 11.5 Å². The van der Waals surface area contributed by atoms with E-state index in [0.717, 1.165) is 16.8 Å². The molecule has 0 aliphatic rings. The Hall–Kier alpha value is -2.17. The van der Waals surface area contributed by atoms with Crippen molar-refractivity contribution in [3.8, 4) is 11.1 Å². The van der Waals surface area contributed by atoms with E-state index < -0.39 is 5.97 Å². The summed E-state index contributed by atoms with van der Waals surface area (Å²) >= 11 is 0. The lowest BCUT2D eigenvalue weighted by molar-refractivity contribution is 0.0690. The molecule has 0 radical (unpaired) electrons. The molecule has 88 valence electrons. The van der Waals surface area contributed by atoms with Crippen LogP contribution in [0.4, 0.5) is 0 Å². The molecule has 2 aromatic heterocycles. The second kappa shape index (κ2) is 4.01. The van der Waals surface area contributed by atoms with Gasteiger partial charge in [-0.1, -0.05) is 5.16 Å². The predicted octanol–water partition coefficient (Wildman–Crippen LogP) is 2.36. The summed E-state index contributed by atoms with van der Waals surface area (Å²) in [4.78, 5) is 14.9. The van der Waals surface area contributed by atoms with Crippen molar-refractivity contribution in [3.63, 3.8) is 0 Å². The van der Waals surface area contributed by atoms with Gasteiger partial charge in [-0.15, -0.1) is 0 Å². The normalized spacial score (nSPS) is 10.5. The molecular formula is C12H12N2O3. The molecule has 1 N–H and O–H groups in total. The number of aromatic carboxylic acids is 1. The largest absolute Gasteiger partial charge is 0.477 e. The van der Waals surface area contributed by atoms with Gasteiger partial charge in [-0.2, -0.15) is 0 Å². The minimum atomic E-state index is -1.04. The van der Waals surface area contributed by atoms with E-state index in [-0.39, 0.29) is 5.69 Å². The Balaban J connectivity index is 2.64. The Morgan fingerprint density at radius 1 is 1.29 bits per heavy atom. The SMILES string of the molecule is Cc1cc(-c2c(C)noc2C)cc(C(=O)O)n1. The first-order valence-electron chi connectivity index (χ1n) is 5.14. The molecule has 17 heavy (non-hydrogen) atoms. The van der Waals surface area contributed by atoms with Gasteiger partial charge in [0.25, 0.3) is 0 Å². The van der Waals surface area contributed by atoms with Crippen LogP contribution in [0.3, 0.4) is 0 Å². The van der Waals surface area contributed by atoms with Gasteiger partial charge in [0.15, 0.2) is 0 Å². The van der Waals surface area contributed by atoms with Crippen LogP contribution in [0, 0.1) is 20.8 Å². The van der Waals surface area contributed by atoms with Crippen LogP contribution < -0.4 is 0 Å². The third-order valence-electron chi connectivity index (χ3n) is 2.49. The van der Waals surface area contributed by atoms with Gasteiger partial charge >= 0.3 is 5.97 Å². The van der Waals surface area contributed by atoms with Gasteiger partial charge in [0.05, 0.1) is 5.69 Å². The molecule has 0 saturated carbocycles. The second-order valence-corrected chi connectivity index (χ2v) is 3.89. The molecule has 0 aliphatic heterocycles. The predicted molar refractivity (Wildman–Crippen MR) is 60.9 cm³/mol. The Morgan fingerprint density at radius 2 is 2.00 bits per heavy atom. The van der Waals surface area contributed by atoms with Crippen molar-refractivity contribution >= 4 is 5.97 Å². The molecule has 0 unspecified atom stereocenters. The minimum absolute atomic E-state index is 0.0278. The summed E-state index contributed by atoms with van der Waals surface area (Å²) in [5.74, 6) is -0.369. The molecule has 0 bridgehead atoms. The third-order valence-corrected chi connectivity index (χ3v) is 2.49. The maximum absolute atomic E-state index is 10.9. The molecule has 5 heteroatoms. The van der Waals surface area contributed by atoms with E-state index in [1.54, 1.807) is 13.8 Å². The highest BCUT2D eigenvalue weighted by Gasteiger charge is 2.15. The van der Waals surface area contributed by atoms with Gasteiger partial charge < -0.3 is 9.63 Å². The fraction of sp³-hybridized carbons (Fsp3) is 0.250. The lowest BCUT2D eigenvalue weighted by Crippen LogP contribution is -2.02. The van der Waals surface area contributed by atoms with Crippen molar-refractivity contribution in [2.75, 3.05) is 0 Å². The lowest BCUT2D eigenvalue weighted by Gasteiger charge is -2.03. The van der Waals surface area contributed by atoms with Crippen molar-refractivity contribution in [1.29, 1.82) is 0 Å². The first kappa shape index (κ1) is 11.3. The summed E-state index contributed by atoms with van der Waals surface area (Å²) < 4.78 is 5.07. The van der Waals surface area contributed by atoms with Crippen LogP contribution in [0.15, 0.2) is 16.7 Å². The fourth-order valence-corrected chi connectivity index (χ4v) is 1.82. The lowest BCUT2D eigenvalue weighted by atomic mass is 10.0. The van der Waals surface area contributed by atoms with Crippen molar-refractivity contribution in [2.45, 2.75) is 20.8 Å². The number of hydrogen-bond donors (Lipinski definition) is 1. The number of pyridine rings is 1. The number of nitrogens with zero attached hydrogens (tertiary/aromatic N) is 2. The molecular weight excluding hydrogens is 220 g/mol. The van der Waals surface area contributed by atoms with E-state index in [0.29, 0.717) is 11.5 Å². The first-order chi connectivity index (χ1) is 7.99. The molecule has 0 aliphatic carbocycles. The number of carboxylic acid groups (broad SMARTS) is 1. The standard InChI is InChI=1S/C12H12N2O3/c1-6-4-9(5-10(13-6)12(15)16)11-7(2)14-17-8(11)3/h4-5H,1-3H3,(H,15,16). The summed E-state index contributed by atoms with van der Waals surface area (Å²) in [6.45, 7) is 5.38. The quantitative estimate of drug-likeness (QED) is 0.860. The summed E-state index contributed by atoms with van der Waals surface area (Å²) in [6, 6.07) is 3.35. The number of aryl methyl sites for hydroxylation is 3. The van der Waals surface area contributed by atoms with Crippen LogP contribution in [0.1, 0.15) is 27.6 Å². The molecule has 2 aromatic rings. The van der Waals surface area contributed by atoms with Gasteiger partial charge in [-0.05, 0) is 38.5 Å². The Kier molecular flexibility index (Phi) is 2.67. The molecule has 0 amide bonds. The number of hydrogen-bond acceptors (Lipinski definition) is 4. The summed E-state index contributed by atoms with van der Waals surface area (Å²) in [5.41, 5.74) is 3.02. The topological polar surface area (TPSA) is 76.2 Å². The molecule has 0 saturated heterocycles. The number of carbonyl (C=O) groups is 1. The third kappa shape index (κ3) is 2.04. The van der Waals surface area contributed by atoms with Crippen LogP contribution in [0.5, 0.6) is 0 Å². The zero-order valence-corrected chi connectivity index (χ0v) is 9.81. The summed E-state index contributed by atoms with van der Waals surface area (Å²) in [5, 5.41) is 12.8. The average molecular weight is 232 g/mol. The summed E-state index contributed by atoms with van der Waals surface area (Å²) in [6.07, 6.45) is 0. The number of carboxylic acids is 1. The van der Waals surface area contributed by atoms with Crippen molar-refractivity contribution < 1.29 is 14.4 Å². The Morgan fingerprint density at radius 3 is 2.53 bits per heavy atom. The monoisotopic (exact) mass is 232 g/mol. The van der Waals surface area contributed by atoms with E-state index in [1.807, 2.05) is 13.0 Å². The van der Waals surface area contributed by atoms with Gasteiger partial charge in [0.2, 0.25) is 0 Å². The number of rotatable bonds is 2. The maximum atomic E-state index is 10.9. The van der Waals surface area contributed by atoms with Crippen LogP contribution in [0.25, 0.3) is 11.1 Å². The highest BCUT2D eigenvalue weighted by Crippen LogP contribution is 2.27. The zero-order valence-electron chi connectivity index (χ0n) is 9.81. The fourth-order valence-electron chi connectivity index (χ4n) is 1.82. The summed E-state index contributed by atoms with van der Waals surface area (Å²) in [7, 11) is 0. The van der Waals surface area contributed by atoms with Crippen LogP contribution >= 0.6 is 0 Å². The molecule has 0 fully saturated rings. The molecule has 2 rings (SSSR count). The van der Waals surface area contributed by atoms with Gasteiger partial charge in [-0.3, -0.25) is 0 Å². The van der Waals surface area contributed by atoms with Crippen LogP contribution in [-0.4, -0.2) is 21.2 Å². The van der Waals surface area contributed by atoms with E-state index in [9.17, 15) is 4.79 Å². The Labute approximate surface area is 98.1 Å². The van der Waals surface area contributed by atoms with E-state index >= 15 is 0 Å². The van der Waals surface area contributed by atoms with Gasteiger partial charge in [-0.25, -0.2) is 9.78 Å². The van der Waals surface area contributed by atoms with Crippen molar-refractivity contribution in [1.82, 2.24) is 10.1 Å².